The Morgan fingerprint density at radius 2 is 2.20 bits per heavy atom. The molecule has 2 heterocycles. The molecule has 0 unspecified atom stereocenters. The number of halogens is 1. The first-order chi connectivity index (χ1) is 7.11. The van der Waals surface area contributed by atoms with Gasteiger partial charge in [0.2, 0.25) is 0 Å². The molecule has 0 amide bonds. The van der Waals surface area contributed by atoms with Gasteiger partial charge in [-0.3, -0.25) is 0 Å². The third-order valence-corrected chi connectivity index (χ3v) is 2.47. The Balaban J connectivity index is 2.68. The van der Waals surface area contributed by atoms with Crippen molar-refractivity contribution in [2.45, 2.75) is 33.4 Å². The Bertz CT molecular complexity index is 488. The van der Waals surface area contributed by atoms with Crippen molar-refractivity contribution in [3.63, 3.8) is 0 Å². The molecule has 2 rings (SSSR count). The molecule has 4 heteroatoms. The van der Waals surface area contributed by atoms with E-state index in [2.05, 4.69) is 10.1 Å². The molecule has 0 atom stereocenters. The fraction of sp³-hybridized carbons (Fsp3) is 0.455. The molecule has 0 aliphatic carbocycles. The lowest BCUT2D eigenvalue weighted by Crippen LogP contribution is -1.99. The normalized spacial score (nSPS) is 11.5. The number of aromatic nitrogens is 3. The molecular weight excluding hydrogens is 193 g/mol. The van der Waals surface area contributed by atoms with Gasteiger partial charge in [0, 0.05) is 6.20 Å². The zero-order valence-corrected chi connectivity index (χ0v) is 9.16. The smallest absolute Gasteiger partial charge is 0.155 e. The Morgan fingerprint density at radius 1 is 1.47 bits per heavy atom. The van der Waals surface area contributed by atoms with Crippen LogP contribution >= 0.6 is 0 Å². The van der Waals surface area contributed by atoms with Gasteiger partial charge in [0.15, 0.2) is 5.65 Å². The van der Waals surface area contributed by atoms with Gasteiger partial charge in [-0.2, -0.15) is 5.10 Å². The number of nitrogens with zero attached hydrogens (tertiary/aromatic N) is 3. The summed E-state index contributed by atoms with van der Waals surface area (Å²) in [6, 6.07) is 1.77. The largest absolute Gasteiger partial charge is 0.246 e. The number of fused-ring (bicyclic) bond motifs is 1. The summed E-state index contributed by atoms with van der Waals surface area (Å²) in [5.41, 5.74) is 2.42. The van der Waals surface area contributed by atoms with E-state index in [1.54, 1.807) is 10.6 Å². The molecule has 2 aromatic rings. The molecule has 15 heavy (non-hydrogen) atoms. The summed E-state index contributed by atoms with van der Waals surface area (Å²) >= 11 is 0. The highest BCUT2D eigenvalue weighted by atomic mass is 19.1. The summed E-state index contributed by atoms with van der Waals surface area (Å²) in [7, 11) is 0. The number of pyridine rings is 1. The molecule has 2 aromatic heterocycles. The maximum atomic E-state index is 12.8. The summed E-state index contributed by atoms with van der Waals surface area (Å²) in [5.74, 6) is 1.00. The monoisotopic (exact) mass is 207 g/mol. The Kier molecular flexibility index (Phi) is 2.42. The Morgan fingerprint density at radius 3 is 2.80 bits per heavy atom. The molecule has 80 valence electrons. The summed E-state index contributed by atoms with van der Waals surface area (Å²) in [6.45, 7) is 5.47. The van der Waals surface area contributed by atoms with E-state index in [0.29, 0.717) is 23.0 Å². The van der Waals surface area contributed by atoms with E-state index in [4.69, 9.17) is 0 Å². The van der Waals surface area contributed by atoms with Crippen molar-refractivity contribution in [1.82, 2.24) is 14.6 Å². The number of aryl methyl sites for hydroxylation is 1. The summed E-state index contributed by atoms with van der Waals surface area (Å²) in [5, 5.41) is 4.21. The molecule has 0 aliphatic heterocycles. The summed E-state index contributed by atoms with van der Waals surface area (Å²) in [6.07, 6.45) is 1.87. The van der Waals surface area contributed by atoms with Crippen molar-refractivity contribution < 1.29 is 4.39 Å². The van der Waals surface area contributed by atoms with Crippen LogP contribution in [0.3, 0.4) is 0 Å². The number of rotatable bonds is 2. The lowest BCUT2D eigenvalue weighted by Gasteiger charge is -2.10. The van der Waals surface area contributed by atoms with Gasteiger partial charge in [0.05, 0.1) is 0 Å². The van der Waals surface area contributed by atoms with Crippen molar-refractivity contribution >= 4 is 5.65 Å². The fourth-order valence-electron chi connectivity index (χ4n) is 1.73. The fourth-order valence-corrected chi connectivity index (χ4v) is 1.73. The highest BCUT2D eigenvalue weighted by Crippen LogP contribution is 2.21. The van der Waals surface area contributed by atoms with Crippen molar-refractivity contribution in [1.29, 1.82) is 0 Å². The van der Waals surface area contributed by atoms with Gasteiger partial charge >= 0.3 is 0 Å². The molecule has 0 saturated heterocycles. The SMILES string of the molecule is Cc1nc2cc(CF)c(C(C)C)cn2n1. The highest BCUT2D eigenvalue weighted by molar-refractivity contribution is 5.44. The van der Waals surface area contributed by atoms with Crippen molar-refractivity contribution in [2.75, 3.05) is 0 Å². The van der Waals surface area contributed by atoms with Gasteiger partial charge in [-0.05, 0) is 30.0 Å². The van der Waals surface area contributed by atoms with Crippen LogP contribution in [0.5, 0.6) is 0 Å². The standard InChI is InChI=1S/C11H14FN3/c1-7(2)10-6-15-11(4-9(10)5-12)13-8(3)14-15/h4,6-7H,5H2,1-3H3. The second kappa shape index (κ2) is 3.61. The average Bonchev–Trinajstić information content (AvgIpc) is 2.54. The van der Waals surface area contributed by atoms with Crippen molar-refractivity contribution in [3.8, 4) is 0 Å². The van der Waals surface area contributed by atoms with E-state index in [9.17, 15) is 4.39 Å². The molecule has 0 fully saturated rings. The van der Waals surface area contributed by atoms with E-state index >= 15 is 0 Å². The first-order valence-corrected chi connectivity index (χ1v) is 5.03. The molecular formula is C11H14FN3. The van der Waals surface area contributed by atoms with Gasteiger partial charge < -0.3 is 0 Å². The quantitative estimate of drug-likeness (QED) is 0.757. The third-order valence-electron chi connectivity index (χ3n) is 2.47. The maximum absolute atomic E-state index is 12.8. The zero-order chi connectivity index (χ0) is 11.0. The Hall–Kier alpha value is -1.45. The minimum Gasteiger partial charge on any atom is -0.246 e. The number of hydrogen-bond donors (Lipinski definition) is 0. The Labute approximate surface area is 87.9 Å². The minimum absolute atomic E-state index is 0.296. The maximum Gasteiger partial charge on any atom is 0.155 e. The van der Waals surface area contributed by atoms with Crippen LogP contribution in [0.25, 0.3) is 5.65 Å². The zero-order valence-electron chi connectivity index (χ0n) is 9.16. The predicted molar refractivity (Wildman–Crippen MR) is 56.6 cm³/mol. The van der Waals surface area contributed by atoms with Crippen molar-refractivity contribution in [3.05, 3.63) is 29.2 Å². The van der Waals surface area contributed by atoms with Gasteiger partial charge in [0.25, 0.3) is 0 Å². The van der Waals surface area contributed by atoms with Gasteiger partial charge in [0.1, 0.15) is 12.5 Å². The highest BCUT2D eigenvalue weighted by Gasteiger charge is 2.10. The van der Waals surface area contributed by atoms with Crippen LogP contribution < -0.4 is 0 Å². The van der Waals surface area contributed by atoms with Gasteiger partial charge in [-0.25, -0.2) is 13.9 Å². The van der Waals surface area contributed by atoms with Crippen LogP contribution in [0.4, 0.5) is 4.39 Å². The van der Waals surface area contributed by atoms with E-state index in [1.165, 1.54) is 0 Å². The molecule has 0 radical (unpaired) electrons. The number of hydrogen-bond acceptors (Lipinski definition) is 2. The first kappa shape index (κ1) is 10.1. The van der Waals surface area contributed by atoms with Crippen LogP contribution in [-0.4, -0.2) is 14.6 Å². The van der Waals surface area contributed by atoms with Crippen LogP contribution in [0.15, 0.2) is 12.3 Å². The van der Waals surface area contributed by atoms with E-state index in [-0.39, 0.29) is 0 Å². The topological polar surface area (TPSA) is 30.2 Å². The molecule has 0 bridgehead atoms. The summed E-state index contributed by atoms with van der Waals surface area (Å²) in [4.78, 5) is 4.21. The van der Waals surface area contributed by atoms with Crippen LogP contribution in [0, 0.1) is 6.92 Å². The second-order valence-electron chi connectivity index (χ2n) is 4.00. The van der Waals surface area contributed by atoms with E-state index in [0.717, 1.165) is 5.56 Å². The first-order valence-electron chi connectivity index (χ1n) is 5.03. The minimum atomic E-state index is -0.448. The summed E-state index contributed by atoms with van der Waals surface area (Å²) < 4.78 is 14.5. The molecule has 3 nitrogen and oxygen atoms in total. The average molecular weight is 207 g/mol. The van der Waals surface area contributed by atoms with E-state index in [1.807, 2.05) is 27.0 Å². The molecule has 0 spiro atoms. The molecule has 0 aliphatic rings. The van der Waals surface area contributed by atoms with Gasteiger partial charge in [-0.1, -0.05) is 13.8 Å². The van der Waals surface area contributed by atoms with Gasteiger partial charge in [-0.15, -0.1) is 0 Å². The second-order valence-corrected chi connectivity index (χ2v) is 4.00. The van der Waals surface area contributed by atoms with Crippen LogP contribution in [-0.2, 0) is 6.67 Å². The van der Waals surface area contributed by atoms with E-state index < -0.39 is 6.67 Å². The lowest BCUT2D eigenvalue weighted by molar-refractivity contribution is 0.480. The lowest BCUT2D eigenvalue weighted by atomic mass is 10.0. The predicted octanol–water partition coefficient (Wildman–Crippen LogP) is 2.63. The molecule has 0 N–H and O–H groups in total. The van der Waals surface area contributed by atoms with Crippen molar-refractivity contribution in [2.24, 2.45) is 0 Å². The van der Waals surface area contributed by atoms with Crippen LogP contribution in [0.1, 0.15) is 36.7 Å². The van der Waals surface area contributed by atoms with Crippen LogP contribution in [0.2, 0.25) is 0 Å². The molecule has 0 aromatic carbocycles. The third kappa shape index (κ3) is 1.71. The number of alkyl halides is 1. The molecule has 0 saturated carbocycles.